The van der Waals surface area contributed by atoms with Crippen LogP contribution in [0.1, 0.15) is 27.7 Å². The lowest BCUT2D eigenvalue weighted by Crippen LogP contribution is -2.41. The molecule has 3 heteroatoms. The van der Waals surface area contributed by atoms with Crippen LogP contribution in [0.5, 0.6) is 0 Å². The van der Waals surface area contributed by atoms with Crippen LogP contribution in [0.25, 0.3) is 0 Å². The van der Waals surface area contributed by atoms with E-state index in [0.717, 1.165) is 0 Å². The molecule has 10 heavy (non-hydrogen) atoms. The van der Waals surface area contributed by atoms with E-state index >= 15 is 0 Å². The minimum atomic E-state index is -0.574. The van der Waals surface area contributed by atoms with Gasteiger partial charge in [-0.2, -0.15) is 0 Å². The van der Waals surface area contributed by atoms with E-state index in [1.54, 1.807) is 0 Å². The van der Waals surface area contributed by atoms with Gasteiger partial charge in [0.2, 0.25) is 0 Å². The molecule has 0 spiro atoms. The van der Waals surface area contributed by atoms with E-state index in [4.69, 9.17) is 9.47 Å². The monoisotopic (exact) mass is 144 g/mol. The third kappa shape index (κ3) is 0.856. The summed E-state index contributed by atoms with van der Waals surface area (Å²) >= 11 is 0. The summed E-state index contributed by atoms with van der Waals surface area (Å²) in [5, 5.41) is 0. The highest BCUT2D eigenvalue weighted by molar-refractivity contribution is 5.64. The van der Waals surface area contributed by atoms with Crippen molar-refractivity contribution in [3.05, 3.63) is 0 Å². The summed E-state index contributed by atoms with van der Waals surface area (Å²) in [5.41, 5.74) is -1.02. The summed E-state index contributed by atoms with van der Waals surface area (Å²) in [5.74, 6) is 0. The van der Waals surface area contributed by atoms with Gasteiger partial charge in [0, 0.05) is 0 Å². The van der Waals surface area contributed by atoms with Crippen LogP contribution in [0.3, 0.4) is 0 Å². The standard InChI is InChI=1S/C7H12O3/c1-6(2)7(3,4)10-5(8)9-6/h1-4H3. The second-order valence-corrected chi connectivity index (χ2v) is 3.47. The zero-order valence-corrected chi connectivity index (χ0v) is 6.72. The van der Waals surface area contributed by atoms with Crippen molar-refractivity contribution in [1.82, 2.24) is 0 Å². The molecule has 58 valence electrons. The van der Waals surface area contributed by atoms with Crippen LogP contribution in [0, 0.1) is 0 Å². The van der Waals surface area contributed by atoms with Crippen molar-refractivity contribution in [3.63, 3.8) is 0 Å². The van der Waals surface area contributed by atoms with Crippen LogP contribution in [0.4, 0.5) is 4.79 Å². The Balaban J connectivity index is 2.88. The highest BCUT2D eigenvalue weighted by atomic mass is 16.8. The normalized spacial score (nSPS) is 27.4. The molecule has 0 atom stereocenters. The summed E-state index contributed by atoms with van der Waals surface area (Å²) in [6, 6.07) is 0. The molecule has 3 nitrogen and oxygen atoms in total. The Hall–Kier alpha value is -0.730. The van der Waals surface area contributed by atoms with Gasteiger partial charge in [0.25, 0.3) is 0 Å². The fourth-order valence-electron chi connectivity index (χ4n) is 0.683. The molecule has 0 aromatic heterocycles. The summed E-state index contributed by atoms with van der Waals surface area (Å²) in [6.45, 7) is 7.32. The molecule has 0 aliphatic carbocycles. The molecule has 1 aliphatic rings. The van der Waals surface area contributed by atoms with Crippen molar-refractivity contribution in [2.24, 2.45) is 0 Å². The number of rotatable bonds is 0. The zero-order valence-electron chi connectivity index (χ0n) is 6.72. The SMILES string of the molecule is CC1(C)OC(=O)OC1(C)C. The molecule has 1 saturated heterocycles. The molecule has 0 aromatic rings. The molecule has 1 aliphatic heterocycles. The van der Waals surface area contributed by atoms with Crippen molar-refractivity contribution in [1.29, 1.82) is 0 Å². The third-order valence-electron chi connectivity index (χ3n) is 2.13. The first kappa shape index (κ1) is 7.38. The molecule has 0 saturated carbocycles. The number of hydrogen-bond donors (Lipinski definition) is 0. The molecule has 1 heterocycles. The lowest BCUT2D eigenvalue weighted by Gasteiger charge is -2.28. The second kappa shape index (κ2) is 1.65. The average molecular weight is 144 g/mol. The largest absolute Gasteiger partial charge is 0.509 e. The average Bonchev–Trinajstić information content (AvgIpc) is 1.73. The van der Waals surface area contributed by atoms with Gasteiger partial charge < -0.3 is 9.47 Å². The second-order valence-electron chi connectivity index (χ2n) is 3.47. The van der Waals surface area contributed by atoms with Crippen LogP contribution >= 0.6 is 0 Å². The molecule has 0 N–H and O–H groups in total. The summed E-state index contributed by atoms with van der Waals surface area (Å²) < 4.78 is 9.81. The molecule has 0 unspecified atom stereocenters. The topological polar surface area (TPSA) is 35.5 Å². The van der Waals surface area contributed by atoms with E-state index in [9.17, 15) is 4.79 Å². The molecule has 1 fully saturated rings. The zero-order chi connectivity index (χ0) is 7.99. The maximum atomic E-state index is 10.6. The predicted molar refractivity (Wildman–Crippen MR) is 35.7 cm³/mol. The van der Waals surface area contributed by atoms with Gasteiger partial charge in [-0.15, -0.1) is 0 Å². The van der Waals surface area contributed by atoms with Crippen LogP contribution < -0.4 is 0 Å². The van der Waals surface area contributed by atoms with Gasteiger partial charge in [-0.05, 0) is 27.7 Å². The smallest absolute Gasteiger partial charge is 0.424 e. The number of hydrogen-bond acceptors (Lipinski definition) is 3. The fourth-order valence-corrected chi connectivity index (χ4v) is 0.683. The summed E-state index contributed by atoms with van der Waals surface area (Å²) in [7, 11) is 0. The number of cyclic esters (lactones) is 2. The van der Waals surface area contributed by atoms with Gasteiger partial charge in [-0.25, -0.2) is 4.79 Å². The van der Waals surface area contributed by atoms with Gasteiger partial charge in [-0.1, -0.05) is 0 Å². The minimum absolute atomic E-state index is 0.510. The first-order chi connectivity index (χ1) is 4.35. The molecular weight excluding hydrogens is 132 g/mol. The summed E-state index contributed by atoms with van der Waals surface area (Å²) in [6.07, 6.45) is -0.574. The van der Waals surface area contributed by atoms with Crippen LogP contribution in [0.15, 0.2) is 0 Å². The van der Waals surface area contributed by atoms with E-state index in [1.165, 1.54) is 0 Å². The van der Waals surface area contributed by atoms with Crippen molar-refractivity contribution < 1.29 is 14.3 Å². The van der Waals surface area contributed by atoms with Crippen LogP contribution in [-0.2, 0) is 9.47 Å². The van der Waals surface area contributed by atoms with Gasteiger partial charge in [0.05, 0.1) is 0 Å². The van der Waals surface area contributed by atoms with Crippen LogP contribution in [-0.4, -0.2) is 17.4 Å². The van der Waals surface area contributed by atoms with E-state index in [0.29, 0.717) is 0 Å². The van der Waals surface area contributed by atoms with Crippen molar-refractivity contribution in [2.45, 2.75) is 38.9 Å². The van der Waals surface area contributed by atoms with E-state index in [-0.39, 0.29) is 0 Å². The van der Waals surface area contributed by atoms with E-state index < -0.39 is 17.4 Å². The number of ether oxygens (including phenoxy) is 2. The summed E-state index contributed by atoms with van der Waals surface area (Å²) in [4.78, 5) is 10.6. The highest BCUT2D eigenvalue weighted by Gasteiger charge is 2.50. The molecule has 1 rings (SSSR count). The lowest BCUT2D eigenvalue weighted by molar-refractivity contribution is 0.00578. The third-order valence-corrected chi connectivity index (χ3v) is 2.13. The quantitative estimate of drug-likeness (QED) is 0.485. The Morgan fingerprint density at radius 3 is 1.40 bits per heavy atom. The lowest BCUT2D eigenvalue weighted by atomic mass is 9.90. The molecule has 0 amide bonds. The Morgan fingerprint density at radius 1 is 1.00 bits per heavy atom. The first-order valence-electron chi connectivity index (χ1n) is 3.27. The van der Waals surface area contributed by atoms with Crippen LogP contribution in [0.2, 0.25) is 0 Å². The molecule has 0 radical (unpaired) electrons. The Bertz CT molecular complexity index is 152. The Labute approximate surface area is 60.3 Å². The maximum absolute atomic E-state index is 10.6. The first-order valence-corrected chi connectivity index (χ1v) is 3.27. The maximum Gasteiger partial charge on any atom is 0.509 e. The highest BCUT2D eigenvalue weighted by Crippen LogP contribution is 2.35. The predicted octanol–water partition coefficient (Wildman–Crippen LogP) is 1.71. The Morgan fingerprint density at radius 2 is 1.30 bits per heavy atom. The fraction of sp³-hybridized carbons (Fsp3) is 0.857. The van der Waals surface area contributed by atoms with Gasteiger partial charge in [0.15, 0.2) is 0 Å². The molecular formula is C7H12O3. The minimum Gasteiger partial charge on any atom is -0.424 e. The van der Waals surface area contributed by atoms with Gasteiger partial charge >= 0.3 is 6.16 Å². The van der Waals surface area contributed by atoms with Crippen molar-refractivity contribution in [2.75, 3.05) is 0 Å². The van der Waals surface area contributed by atoms with E-state index in [2.05, 4.69) is 0 Å². The molecule has 0 aromatic carbocycles. The number of carbonyl (C=O) groups is 1. The van der Waals surface area contributed by atoms with Gasteiger partial charge in [0.1, 0.15) is 11.2 Å². The van der Waals surface area contributed by atoms with Crippen molar-refractivity contribution >= 4 is 6.16 Å². The van der Waals surface area contributed by atoms with Crippen molar-refractivity contribution in [3.8, 4) is 0 Å². The Kier molecular flexibility index (Phi) is 1.22. The van der Waals surface area contributed by atoms with Gasteiger partial charge in [-0.3, -0.25) is 0 Å². The van der Waals surface area contributed by atoms with E-state index in [1.807, 2.05) is 27.7 Å². The number of carbonyl (C=O) groups excluding carboxylic acids is 1. The molecule has 0 bridgehead atoms.